The van der Waals surface area contributed by atoms with Crippen molar-refractivity contribution in [2.45, 2.75) is 0 Å². The van der Waals surface area contributed by atoms with E-state index in [0.29, 0.717) is 24.2 Å². The summed E-state index contributed by atoms with van der Waals surface area (Å²) in [6, 6.07) is 1.74. The molecule has 76 valence electrons. The maximum Gasteiger partial charge on any atom is 0.228 e. The topological polar surface area (TPSA) is 59.1 Å². The second-order valence-electron chi connectivity index (χ2n) is 2.45. The third-order valence-corrected chi connectivity index (χ3v) is 1.63. The van der Waals surface area contributed by atoms with Crippen molar-refractivity contribution in [3.63, 3.8) is 0 Å². The summed E-state index contributed by atoms with van der Waals surface area (Å²) >= 11 is 4.99. The van der Waals surface area contributed by atoms with Gasteiger partial charge in [-0.1, -0.05) is 0 Å². The number of methoxy groups -OCH3 is 1. The molecule has 0 unspecified atom stereocenters. The van der Waals surface area contributed by atoms with Gasteiger partial charge in [0.25, 0.3) is 0 Å². The van der Waals surface area contributed by atoms with Gasteiger partial charge in [0, 0.05) is 26.0 Å². The van der Waals surface area contributed by atoms with Crippen LogP contribution in [0.1, 0.15) is 0 Å². The van der Waals surface area contributed by atoms with Crippen molar-refractivity contribution in [3.05, 3.63) is 18.5 Å². The van der Waals surface area contributed by atoms with Crippen LogP contribution in [0.5, 0.6) is 0 Å². The number of anilines is 1. The van der Waals surface area contributed by atoms with Crippen LogP contribution in [0.2, 0.25) is 0 Å². The molecule has 0 atom stereocenters. The molecule has 2 N–H and O–H groups in total. The number of hydrogen-bond acceptors (Lipinski definition) is 4. The normalized spacial score (nSPS) is 9.50. The zero-order valence-electron chi connectivity index (χ0n) is 7.86. The monoisotopic (exact) mass is 212 g/mol. The Labute approximate surface area is 87.9 Å². The van der Waals surface area contributed by atoms with Crippen molar-refractivity contribution in [3.8, 4) is 0 Å². The van der Waals surface area contributed by atoms with Crippen LogP contribution >= 0.6 is 12.2 Å². The Balaban J connectivity index is 2.27. The van der Waals surface area contributed by atoms with Gasteiger partial charge in [0.2, 0.25) is 5.95 Å². The molecule has 0 aromatic carbocycles. The molecule has 1 aromatic rings. The van der Waals surface area contributed by atoms with Gasteiger partial charge in [-0.15, -0.1) is 0 Å². The first-order valence-corrected chi connectivity index (χ1v) is 4.54. The fourth-order valence-electron chi connectivity index (χ4n) is 0.776. The summed E-state index contributed by atoms with van der Waals surface area (Å²) in [5.74, 6) is 0.488. The number of nitrogens with zero attached hydrogens (tertiary/aromatic N) is 2. The Bertz CT molecular complexity index is 280. The lowest BCUT2D eigenvalue weighted by molar-refractivity contribution is 0.204. The zero-order valence-corrected chi connectivity index (χ0v) is 8.67. The molecule has 1 heterocycles. The molecule has 0 amide bonds. The second-order valence-corrected chi connectivity index (χ2v) is 2.85. The standard InChI is InChI=1S/C8H12N4OS/c1-13-6-5-11-8(14)12-7-9-3-2-4-10-7/h2-4H,5-6H2,1H3,(H2,9,10,11,12,14). The minimum Gasteiger partial charge on any atom is -0.383 e. The van der Waals surface area contributed by atoms with Crippen molar-refractivity contribution < 1.29 is 4.74 Å². The van der Waals surface area contributed by atoms with Crippen LogP contribution in [0.25, 0.3) is 0 Å². The summed E-state index contributed by atoms with van der Waals surface area (Å²) < 4.78 is 4.86. The average molecular weight is 212 g/mol. The lowest BCUT2D eigenvalue weighted by atomic mass is 10.6. The summed E-state index contributed by atoms with van der Waals surface area (Å²) in [5.41, 5.74) is 0. The van der Waals surface area contributed by atoms with Crippen molar-refractivity contribution in [1.82, 2.24) is 15.3 Å². The summed E-state index contributed by atoms with van der Waals surface area (Å²) in [6.45, 7) is 1.27. The first kappa shape index (κ1) is 10.8. The number of aromatic nitrogens is 2. The van der Waals surface area contributed by atoms with Crippen molar-refractivity contribution in [2.75, 3.05) is 25.6 Å². The minimum absolute atomic E-state index is 0.488. The minimum atomic E-state index is 0.488. The van der Waals surface area contributed by atoms with Crippen LogP contribution in [0.3, 0.4) is 0 Å². The largest absolute Gasteiger partial charge is 0.383 e. The van der Waals surface area contributed by atoms with Gasteiger partial charge in [-0.25, -0.2) is 9.97 Å². The third kappa shape index (κ3) is 4.11. The van der Waals surface area contributed by atoms with Crippen molar-refractivity contribution in [1.29, 1.82) is 0 Å². The molecule has 0 radical (unpaired) electrons. The highest BCUT2D eigenvalue weighted by Gasteiger charge is 1.97. The van der Waals surface area contributed by atoms with E-state index in [4.69, 9.17) is 17.0 Å². The summed E-state index contributed by atoms with van der Waals surface area (Å²) in [7, 11) is 1.64. The highest BCUT2D eigenvalue weighted by atomic mass is 32.1. The van der Waals surface area contributed by atoms with Gasteiger partial charge < -0.3 is 15.4 Å². The Kier molecular flexibility index (Phi) is 4.81. The first-order chi connectivity index (χ1) is 6.83. The smallest absolute Gasteiger partial charge is 0.228 e. The van der Waals surface area contributed by atoms with E-state index in [9.17, 15) is 0 Å². The Morgan fingerprint density at radius 1 is 1.50 bits per heavy atom. The summed E-state index contributed by atoms with van der Waals surface area (Å²) in [4.78, 5) is 7.93. The number of rotatable bonds is 4. The van der Waals surface area contributed by atoms with E-state index in [2.05, 4.69) is 20.6 Å². The molecule has 1 rings (SSSR count). The lowest BCUT2D eigenvalue weighted by Gasteiger charge is -2.07. The molecular weight excluding hydrogens is 200 g/mol. The molecule has 0 aliphatic rings. The van der Waals surface area contributed by atoms with Gasteiger partial charge in [0.05, 0.1) is 6.61 Å². The highest BCUT2D eigenvalue weighted by molar-refractivity contribution is 7.80. The van der Waals surface area contributed by atoms with Gasteiger partial charge in [-0.05, 0) is 18.3 Å². The van der Waals surface area contributed by atoms with Crippen LogP contribution in [0.4, 0.5) is 5.95 Å². The maximum atomic E-state index is 4.99. The quantitative estimate of drug-likeness (QED) is 0.557. The second kappa shape index (κ2) is 6.22. The summed E-state index contributed by atoms with van der Waals surface area (Å²) in [5, 5.41) is 6.28. The fourth-order valence-corrected chi connectivity index (χ4v) is 0.969. The van der Waals surface area contributed by atoms with Crippen molar-refractivity contribution in [2.24, 2.45) is 0 Å². The molecule has 14 heavy (non-hydrogen) atoms. The molecule has 0 bridgehead atoms. The van der Waals surface area contributed by atoms with E-state index in [1.165, 1.54) is 0 Å². The third-order valence-electron chi connectivity index (χ3n) is 1.38. The molecule has 0 spiro atoms. The summed E-state index contributed by atoms with van der Waals surface area (Å²) in [6.07, 6.45) is 3.29. The number of hydrogen-bond donors (Lipinski definition) is 2. The average Bonchev–Trinajstić information content (AvgIpc) is 2.20. The lowest BCUT2D eigenvalue weighted by Crippen LogP contribution is -2.31. The maximum absolute atomic E-state index is 4.99. The number of thiocarbonyl (C=S) groups is 1. The predicted molar refractivity (Wildman–Crippen MR) is 58.1 cm³/mol. The van der Waals surface area contributed by atoms with Gasteiger partial charge >= 0.3 is 0 Å². The van der Waals surface area contributed by atoms with Crippen LogP contribution in [0, 0.1) is 0 Å². The van der Waals surface area contributed by atoms with Crippen LogP contribution in [-0.4, -0.2) is 35.3 Å². The molecular formula is C8H12N4OS. The van der Waals surface area contributed by atoms with E-state index >= 15 is 0 Å². The molecule has 0 aliphatic carbocycles. The van der Waals surface area contributed by atoms with Gasteiger partial charge in [0.1, 0.15) is 0 Å². The Morgan fingerprint density at radius 2 is 2.21 bits per heavy atom. The van der Waals surface area contributed by atoms with E-state index in [1.54, 1.807) is 25.6 Å². The van der Waals surface area contributed by atoms with Gasteiger partial charge in [-0.3, -0.25) is 0 Å². The molecule has 0 aliphatic heterocycles. The van der Waals surface area contributed by atoms with E-state index < -0.39 is 0 Å². The predicted octanol–water partition coefficient (Wildman–Crippen LogP) is 0.409. The number of ether oxygens (including phenoxy) is 1. The molecule has 0 saturated heterocycles. The Hall–Kier alpha value is -1.27. The van der Waals surface area contributed by atoms with Crippen LogP contribution < -0.4 is 10.6 Å². The molecule has 0 saturated carbocycles. The number of nitrogens with one attached hydrogen (secondary N) is 2. The molecule has 1 aromatic heterocycles. The highest BCUT2D eigenvalue weighted by Crippen LogP contribution is 1.92. The van der Waals surface area contributed by atoms with Gasteiger partial charge in [0.15, 0.2) is 5.11 Å². The van der Waals surface area contributed by atoms with E-state index in [-0.39, 0.29) is 0 Å². The van der Waals surface area contributed by atoms with Gasteiger partial charge in [-0.2, -0.15) is 0 Å². The first-order valence-electron chi connectivity index (χ1n) is 4.13. The SMILES string of the molecule is COCCNC(=S)Nc1ncccn1. The Morgan fingerprint density at radius 3 is 2.86 bits per heavy atom. The molecule has 6 heteroatoms. The van der Waals surface area contributed by atoms with Crippen LogP contribution in [-0.2, 0) is 4.74 Å². The van der Waals surface area contributed by atoms with Crippen LogP contribution in [0.15, 0.2) is 18.5 Å². The molecule has 5 nitrogen and oxygen atoms in total. The fraction of sp³-hybridized carbons (Fsp3) is 0.375. The molecule has 0 fully saturated rings. The zero-order chi connectivity index (χ0) is 10.2. The van der Waals surface area contributed by atoms with Crippen molar-refractivity contribution >= 4 is 23.3 Å². The van der Waals surface area contributed by atoms with E-state index in [1.807, 2.05) is 0 Å². The van der Waals surface area contributed by atoms with E-state index in [0.717, 1.165) is 0 Å².